The van der Waals surface area contributed by atoms with Gasteiger partial charge in [0.1, 0.15) is 22.0 Å². The van der Waals surface area contributed by atoms with Gasteiger partial charge in [0.05, 0.1) is 17.9 Å². The zero-order chi connectivity index (χ0) is 21.5. The highest BCUT2D eigenvalue weighted by molar-refractivity contribution is 7.20. The maximum atomic E-state index is 12.7. The number of pyridine rings is 1. The number of rotatable bonds is 5. The zero-order valence-corrected chi connectivity index (χ0v) is 18.6. The van der Waals surface area contributed by atoms with Crippen molar-refractivity contribution in [3.63, 3.8) is 0 Å². The number of nitrogens with zero attached hydrogens (tertiary/aromatic N) is 4. The number of hydrogen-bond acceptors (Lipinski definition) is 5. The number of aryl methyl sites for hydroxylation is 2. The molecule has 0 radical (unpaired) electrons. The van der Waals surface area contributed by atoms with Crippen LogP contribution in [0.25, 0.3) is 15.9 Å². The van der Waals surface area contributed by atoms with E-state index in [1.165, 1.54) is 11.3 Å². The van der Waals surface area contributed by atoms with E-state index in [1.54, 1.807) is 0 Å². The van der Waals surface area contributed by atoms with E-state index < -0.39 is 0 Å². The number of ether oxygens (including phenoxy) is 1. The first-order chi connectivity index (χ1) is 15.0. The van der Waals surface area contributed by atoms with Gasteiger partial charge in [-0.25, -0.2) is 9.78 Å². The molecule has 1 aromatic carbocycles. The van der Waals surface area contributed by atoms with Crippen LogP contribution in [-0.4, -0.2) is 25.1 Å². The minimum Gasteiger partial charge on any atom is -0.455 e. The largest absolute Gasteiger partial charge is 0.455 e. The lowest BCUT2D eigenvalue weighted by Gasteiger charge is -2.05. The molecule has 4 aromatic heterocycles. The van der Waals surface area contributed by atoms with Gasteiger partial charge in [-0.1, -0.05) is 35.9 Å². The number of thiophene rings is 1. The second-order valence-electron chi connectivity index (χ2n) is 7.39. The predicted octanol–water partition coefficient (Wildman–Crippen LogP) is 5.42. The van der Waals surface area contributed by atoms with Crippen LogP contribution in [0.5, 0.6) is 0 Å². The maximum Gasteiger partial charge on any atom is 0.348 e. The van der Waals surface area contributed by atoms with Crippen LogP contribution in [0.2, 0.25) is 5.02 Å². The number of carbonyl (C=O) groups is 1. The van der Waals surface area contributed by atoms with E-state index in [-0.39, 0.29) is 12.6 Å². The van der Waals surface area contributed by atoms with Gasteiger partial charge < -0.3 is 9.14 Å². The minimum atomic E-state index is -0.362. The van der Waals surface area contributed by atoms with Crippen molar-refractivity contribution in [2.75, 3.05) is 0 Å². The molecule has 8 heteroatoms. The number of fused-ring (bicyclic) bond motifs is 2. The number of halogens is 1. The van der Waals surface area contributed by atoms with Gasteiger partial charge in [0.2, 0.25) is 0 Å². The third-order valence-electron chi connectivity index (χ3n) is 5.17. The molecule has 0 unspecified atom stereocenters. The van der Waals surface area contributed by atoms with Gasteiger partial charge in [0.25, 0.3) is 0 Å². The molecule has 0 amide bonds. The fourth-order valence-electron chi connectivity index (χ4n) is 3.59. The van der Waals surface area contributed by atoms with Gasteiger partial charge >= 0.3 is 5.97 Å². The summed E-state index contributed by atoms with van der Waals surface area (Å²) >= 11 is 7.68. The molecule has 0 saturated heterocycles. The molecule has 0 bridgehead atoms. The Morgan fingerprint density at radius 3 is 2.84 bits per heavy atom. The minimum absolute atomic E-state index is 0.124. The molecule has 0 spiro atoms. The van der Waals surface area contributed by atoms with Crippen LogP contribution in [0.4, 0.5) is 0 Å². The standard InChI is InChI=1S/C23H19ClN4O2S/c1-14-6-5-9-27-12-17(25-21(14)27)13-30-23(29)20-10-18-15(2)26-28(22(18)31-20)11-16-7-3-4-8-19(16)24/h3-10,12H,11,13H2,1-2H3. The summed E-state index contributed by atoms with van der Waals surface area (Å²) in [6.07, 6.45) is 3.81. The lowest BCUT2D eigenvalue weighted by atomic mass is 10.2. The van der Waals surface area contributed by atoms with Gasteiger partial charge in [-0.3, -0.25) is 4.68 Å². The molecule has 0 fully saturated rings. The number of esters is 1. The highest BCUT2D eigenvalue weighted by atomic mass is 35.5. The van der Waals surface area contributed by atoms with Crippen molar-refractivity contribution in [3.8, 4) is 0 Å². The summed E-state index contributed by atoms with van der Waals surface area (Å²) < 4.78 is 9.37. The molecular weight excluding hydrogens is 432 g/mol. The molecule has 4 heterocycles. The molecule has 0 aliphatic heterocycles. The molecule has 0 N–H and O–H groups in total. The van der Waals surface area contributed by atoms with Crippen LogP contribution in [-0.2, 0) is 17.9 Å². The second kappa shape index (κ2) is 7.83. The van der Waals surface area contributed by atoms with E-state index in [0.29, 0.717) is 22.1 Å². The Bertz CT molecular complexity index is 1430. The summed E-state index contributed by atoms with van der Waals surface area (Å²) in [5.41, 5.74) is 4.50. The van der Waals surface area contributed by atoms with Gasteiger partial charge in [0, 0.05) is 22.8 Å². The van der Waals surface area contributed by atoms with E-state index in [4.69, 9.17) is 16.3 Å². The smallest absolute Gasteiger partial charge is 0.348 e. The molecule has 6 nitrogen and oxygen atoms in total. The summed E-state index contributed by atoms with van der Waals surface area (Å²) in [7, 11) is 0. The van der Waals surface area contributed by atoms with Gasteiger partial charge in [-0.2, -0.15) is 5.10 Å². The highest BCUT2D eigenvalue weighted by Crippen LogP contribution is 2.30. The predicted molar refractivity (Wildman–Crippen MR) is 122 cm³/mol. The Hall–Kier alpha value is -3.16. The third-order valence-corrected chi connectivity index (χ3v) is 6.66. The van der Waals surface area contributed by atoms with E-state index in [9.17, 15) is 4.79 Å². The molecule has 0 aliphatic carbocycles. The molecule has 31 heavy (non-hydrogen) atoms. The van der Waals surface area contributed by atoms with E-state index >= 15 is 0 Å². The van der Waals surface area contributed by atoms with Crippen molar-refractivity contribution in [2.45, 2.75) is 27.0 Å². The number of aromatic nitrogens is 4. The highest BCUT2D eigenvalue weighted by Gasteiger charge is 2.18. The lowest BCUT2D eigenvalue weighted by molar-refractivity contribution is 0.0474. The summed E-state index contributed by atoms with van der Waals surface area (Å²) in [5, 5.41) is 6.26. The van der Waals surface area contributed by atoms with Crippen LogP contribution in [0.15, 0.2) is 54.9 Å². The Morgan fingerprint density at radius 2 is 2.03 bits per heavy atom. The van der Waals surface area contributed by atoms with Crippen molar-refractivity contribution < 1.29 is 9.53 Å². The van der Waals surface area contributed by atoms with Crippen LogP contribution in [0.1, 0.15) is 32.2 Å². The second-order valence-corrected chi connectivity index (χ2v) is 8.83. The topological polar surface area (TPSA) is 61.4 Å². The van der Waals surface area contributed by atoms with E-state index in [0.717, 1.165) is 32.7 Å². The van der Waals surface area contributed by atoms with Crippen molar-refractivity contribution in [2.24, 2.45) is 0 Å². The fraction of sp³-hybridized carbons (Fsp3) is 0.174. The van der Waals surface area contributed by atoms with E-state index in [1.807, 2.05) is 77.8 Å². The first-order valence-corrected chi connectivity index (χ1v) is 11.0. The van der Waals surface area contributed by atoms with Crippen molar-refractivity contribution >= 4 is 44.8 Å². The van der Waals surface area contributed by atoms with Gasteiger partial charge in [-0.05, 0) is 43.2 Å². The Morgan fingerprint density at radius 1 is 1.19 bits per heavy atom. The Balaban J connectivity index is 1.36. The molecule has 0 saturated carbocycles. The number of imidazole rings is 1. The van der Waals surface area contributed by atoms with Gasteiger partial charge in [-0.15, -0.1) is 11.3 Å². The molecule has 5 aromatic rings. The summed E-state index contributed by atoms with van der Waals surface area (Å²) in [6.45, 7) is 4.61. The van der Waals surface area contributed by atoms with E-state index in [2.05, 4.69) is 10.1 Å². The quantitative estimate of drug-likeness (QED) is 0.335. The third kappa shape index (κ3) is 3.71. The normalized spacial score (nSPS) is 11.5. The average Bonchev–Trinajstić information content (AvgIpc) is 3.44. The van der Waals surface area contributed by atoms with Gasteiger partial charge in [0.15, 0.2) is 0 Å². The zero-order valence-electron chi connectivity index (χ0n) is 17.0. The molecule has 0 aliphatic rings. The van der Waals surface area contributed by atoms with Crippen LogP contribution in [0, 0.1) is 13.8 Å². The summed E-state index contributed by atoms with van der Waals surface area (Å²) in [5.74, 6) is -0.362. The average molecular weight is 451 g/mol. The summed E-state index contributed by atoms with van der Waals surface area (Å²) in [6, 6.07) is 13.5. The van der Waals surface area contributed by atoms with Crippen molar-refractivity contribution in [1.29, 1.82) is 0 Å². The summed E-state index contributed by atoms with van der Waals surface area (Å²) in [4.78, 5) is 18.7. The molecule has 0 atom stereocenters. The molecular formula is C23H19ClN4O2S. The van der Waals surface area contributed by atoms with Crippen LogP contribution >= 0.6 is 22.9 Å². The first kappa shape index (κ1) is 19.8. The monoisotopic (exact) mass is 450 g/mol. The fourth-order valence-corrected chi connectivity index (χ4v) is 4.84. The molecule has 5 rings (SSSR count). The first-order valence-electron chi connectivity index (χ1n) is 9.80. The number of carbonyl (C=O) groups excluding carboxylic acids is 1. The number of hydrogen-bond donors (Lipinski definition) is 0. The Kier molecular flexibility index (Phi) is 5.00. The molecule has 156 valence electrons. The Labute approximate surface area is 187 Å². The lowest BCUT2D eigenvalue weighted by Crippen LogP contribution is -2.04. The van der Waals surface area contributed by atoms with Crippen molar-refractivity contribution in [3.05, 3.63) is 87.3 Å². The van der Waals surface area contributed by atoms with Crippen LogP contribution < -0.4 is 0 Å². The SMILES string of the molecule is Cc1nn(Cc2ccccc2Cl)c2sc(C(=O)OCc3cn4cccc(C)c4n3)cc12. The van der Waals surface area contributed by atoms with Crippen LogP contribution in [0.3, 0.4) is 0 Å². The maximum absolute atomic E-state index is 12.7. The number of benzene rings is 1. The van der Waals surface area contributed by atoms with Crippen molar-refractivity contribution in [1.82, 2.24) is 19.2 Å².